The number of aromatic nitrogens is 1. The van der Waals surface area contributed by atoms with Gasteiger partial charge in [0.15, 0.2) is 0 Å². The van der Waals surface area contributed by atoms with Crippen molar-refractivity contribution in [3.05, 3.63) is 24.0 Å². The van der Waals surface area contributed by atoms with E-state index in [4.69, 9.17) is 10.0 Å². The zero-order chi connectivity index (χ0) is 10.8. The molecule has 0 aliphatic carbocycles. The first-order chi connectivity index (χ1) is 7.18. The molecule has 2 N–H and O–H groups in total. The summed E-state index contributed by atoms with van der Waals surface area (Å²) in [7, 11) is 0.656. The van der Waals surface area contributed by atoms with Gasteiger partial charge in [0.1, 0.15) is 0 Å². The second-order valence-corrected chi connectivity index (χ2v) is 4.06. The number of hydrogen-bond donors (Lipinski definition) is 2. The fourth-order valence-corrected chi connectivity index (χ4v) is 2.13. The van der Waals surface area contributed by atoms with Crippen molar-refractivity contribution in [1.29, 1.82) is 0 Å². The molecule has 5 heteroatoms. The van der Waals surface area contributed by atoms with Gasteiger partial charge in [-0.2, -0.15) is 0 Å². The molecule has 1 aliphatic rings. The molecule has 15 heavy (non-hydrogen) atoms. The molecule has 0 amide bonds. The molecule has 1 aromatic rings. The zero-order valence-electron chi connectivity index (χ0n) is 8.80. The summed E-state index contributed by atoms with van der Waals surface area (Å²) in [5.74, 6) is 0. The van der Waals surface area contributed by atoms with Gasteiger partial charge in [-0.1, -0.05) is 6.07 Å². The van der Waals surface area contributed by atoms with Gasteiger partial charge in [0.05, 0.1) is 0 Å². The molecule has 2 heterocycles. The minimum Gasteiger partial charge on any atom is -0.423 e. The lowest BCUT2D eigenvalue weighted by Crippen LogP contribution is -2.31. The van der Waals surface area contributed by atoms with E-state index < -0.39 is 7.12 Å². The van der Waals surface area contributed by atoms with Crippen molar-refractivity contribution in [2.45, 2.75) is 18.9 Å². The van der Waals surface area contributed by atoms with E-state index in [1.807, 2.05) is 6.07 Å². The first kappa shape index (κ1) is 10.6. The van der Waals surface area contributed by atoms with Gasteiger partial charge in [0.2, 0.25) is 0 Å². The normalized spacial score (nSPS) is 21.9. The summed E-state index contributed by atoms with van der Waals surface area (Å²) in [6.45, 7) is 1.09. The lowest BCUT2D eigenvalue weighted by atomic mass is 9.80. The Hall–Kier alpha value is -0.905. The molecule has 0 bridgehead atoms. The van der Waals surface area contributed by atoms with Crippen LogP contribution in [-0.2, 0) is 0 Å². The SMILES string of the molecule is CN1CCC[C@H]1c1cncc(B(O)O)c1. The first-order valence-corrected chi connectivity index (χ1v) is 5.19. The van der Waals surface area contributed by atoms with Crippen LogP contribution in [0.2, 0.25) is 0 Å². The average molecular weight is 206 g/mol. The maximum atomic E-state index is 9.06. The Kier molecular flexibility index (Phi) is 3.04. The number of pyridine rings is 1. The number of nitrogens with zero attached hydrogens (tertiary/aromatic N) is 2. The van der Waals surface area contributed by atoms with Crippen LogP contribution in [0.5, 0.6) is 0 Å². The molecule has 1 aliphatic heterocycles. The summed E-state index contributed by atoms with van der Waals surface area (Å²) in [5, 5.41) is 18.1. The first-order valence-electron chi connectivity index (χ1n) is 5.19. The van der Waals surface area contributed by atoms with E-state index in [1.165, 1.54) is 12.6 Å². The highest BCUT2D eigenvalue weighted by Crippen LogP contribution is 2.29. The lowest BCUT2D eigenvalue weighted by molar-refractivity contribution is 0.317. The van der Waals surface area contributed by atoms with Crippen molar-refractivity contribution in [2.75, 3.05) is 13.6 Å². The molecule has 2 rings (SSSR count). The molecule has 1 aromatic heterocycles. The predicted molar refractivity (Wildman–Crippen MR) is 58.7 cm³/mol. The third kappa shape index (κ3) is 2.20. The van der Waals surface area contributed by atoms with Crippen LogP contribution >= 0.6 is 0 Å². The second-order valence-electron chi connectivity index (χ2n) is 4.06. The van der Waals surface area contributed by atoms with E-state index in [9.17, 15) is 0 Å². The van der Waals surface area contributed by atoms with Gasteiger partial charge in [0, 0.05) is 23.9 Å². The fourth-order valence-electron chi connectivity index (χ4n) is 2.13. The molecule has 0 saturated carbocycles. The quantitative estimate of drug-likeness (QED) is 0.642. The molecule has 1 fully saturated rings. The summed E-state index contributed by atoms with van der Waals surface area (Å²) >= 11 is 0. The number of rotatable bonds is 2. The van der Waals surface area contributed by atoms with Crippen LogP contribution in [-0.4, -0.2) is 40.6 Å². The summed E-state index contributed by atoms with van der Waals surface area (Å²) in [5.41, 5.74) is 1.54. The minimum atomic E-state index is -1.43. The van der Waals surface area contributed by atoms with Gasteiger partial charge in [-0.05, 0) is 32.0 Å². The molecule has 0 spiro atoms. The smallest absolute Gasteiger partial charge is 0.423 e. The summed E-state index contributed by atoms with van der Waals surface area (Å²) in [6.07, 6.45) is 5.59. The molecule has 0 aromatic carbocycles. The molecule has 4 nitrogen and oxygen atoms in total. The van der Waals surface area contributed by atoms with E-state index in [1.54, 1.807) is 6.20 Å². The van der Waals surface area contributed by atoms with Crippen LogP contribution in [0, 0.1) is 0 Å². The third-order valence-electron chi connectivity index (χ3n) is 2.98. The monoisotopic (exact) mass is 206 g/mol. The maximum absolute atomic E-state index is 9.06. The van der Waals surface area contributed by atoms with E-state index in [0.29, 0.717) is 11.5 Å². The maximum Gasteiger partial charge on any atom is 0.490 e. The Labute approximate surface area is 89.7 Å². The zero-order valence-corrected chi connectivity index (χ0v) is 8.80. The Morgan fingerprint density at radius 3 is 2.87 bits per heavy atom. The van der Waals surface area contributed by atoms with Gasteiger partial charge in [-0.15, -0.1) is 0 Å². The summed E-state index contributed by atoms with van der Waals surface area (Å²) in [6, 6.07) is 2.20. The van der Waals surface area contributed by atoms with Crippen molar-refractivity contribution >= 4 is 12.6 Å². The highest BCUT2D eigenvalue weighted by molar-refractivity contribution is 6.58. The van der Waals surface area contributed by atoms with Crippen LogP contribution in [0.15, 0.2) is 18.5 Å². The highest BCUT2D eigenvalue weighted by Gasteiger charge is 2.23. The van der Waals surface area contributed by atoms with E-state index in [2.05, 4.69) is 16.9 Å². The minimum absolute atomic E-state index is 0.371. The standard InChI is InChI=1S/C10H15BN2O2/c1-13-4-2-3-10(13)8-5-9(11(14)15)7-12-6-8/h5-7,10,14-15H,2-4H2,1H3/t10-/m0/s1. The van der Waals surface area contributed by atoms with Gasteiger partial charge >= 0.3 is 7.12 Å². The third-order valence-corrected chi connectivity index (χ3v) is 2.98. The van der Waals surface area contributed by atoms with Crippen LogP contribution in [0.4, 0.5) is 0 Å². The lowest BCUT2D eigenvalue weighted by Gasteiger charge is -2.19. The fraction of sp³-hybridized carbons (Fsp3) is 0.500. The topological polar surface area (TPSA) is 56.6 Å². The molecule has 0 unspecified atom stereocenters. The molecular formula is C10H15BN2O2. The Balaban J connectivity index is 2.24. The molecule has 80 valence electrons. The summed E-state index contributed by atoms with van der Waals surface area (Å²) < 4.78 is 0. The molecule has 1 atom stereocenters. The average Bonchev–Trinajstić information content (AvgIpc) is 2.64. The van der Waals surface area contributed by atoms with Crippen molar-refractivity contribution in [3.8, 4) is 0 Å². The molecule has 0 radical (unpaired) electrons. The van der Waals surface area contributed by atoms with Crippen molar-refractivity contribution < 1.29 is 10.0 Å². The highest BCUT2D eigenvalue weighted by atomic mass is 16.4. The largest absolute Gasteiger partial charge is 0.490 e. The second kappa shape index (κ2) is 4.30. The Bertz CT molecular complexity index is 346. The van der Waals surface area contributed by atoms with Gasteiger partial charge in [-0.25, -0.2) is 0 Å². The van der Waals surface area contributed by atoms with Crippen molar-refractivity contribution in [2.24, 2.45) is 0 Å². The van der Waals surface area contributed by atoms with E-state index >= 15 is 0 Å². The van der Waals surface area contributed by atoms with Crippen LogP contribution in [0.3, 0.4) is 0 Å². The van der Waals surface area contributed by atoms with E-state index in [-0.39, 0.29) is 0 Å². The number of likely N-dealkylation sites (tertiary alicyclic amines) is 1. The Morgan fingerprint density at radius 2 is 2.27 bits per heavy atom. The van der Waals surface area contributed by atoms with Crippen LogP contribution in [0.1, 0.15) is 24.4 Å². The van der Waals surface area contributed by atoms with Gasteiger partial charge in [-0.3, -0.25) is 9.88 Å². The predicted octanol–water partition coefficient (Wildman–Crippen LogP) is -0.472. The molecule has 1 saturated heterocycles. The van der Waals surface area contributed by atoms with Gasteiger partial charge in [0.25, 0.3) is 0 Å². The number of hydrogen-bond acceptors (Lipinski definition) is 4. The van der Waals surface area contributed by atoms with Gasteiger partial charge < -0.3 is 10.0 Å². The molecular weight excluding hydrogens is 191 g/mol. The van der Waals surface area contributed by atoms with Crippen LogP contribution < -0.4 is 5.46 Å². The Morgan fingerprint density at radius 1 is 1.47 bits per heavy atom. The van der Waals surface area contributed by atoms with Crippen LogP contribution in [0.25, 0.3) is 0 Å². The summed E-state index contributed by atoms with van der Waals surface area (Å²) in [4.78, 5) is 6.31. The van der Waals surface area contributed by atoms with E-state index in [0.717, 1.165) is 18.5 Å². The van der Waals surface area contributed by atoms with Crippen molar-refractivity contribution in [3.63, 3.8) is 0 Å². The van der Waals surface area contributed by atoms with Crippen molar-refractivity contribution in [1.82, 2.24) is 9.88 Å².